The Morgan fingerprint density at radius 1 is 1.10 bits per heavy atom. The van der Waals surface area contributed by atoms with Crippen LogP contribution in [0.25, 0.3) is 0 Å². The number of rotatable bonds is 0. The van der Waals surface area contributed by atoms with Gasteiger partial charge in [0, 0.05) is 0 Å². The fraction of sp³-hybridized carbons (Fsp3) is 0.500. The average molecular weight is 215 g/mol. The molecule has 0 fully saturated rings. The van der Waals surface area contributed by atoms with Gasteiger partial charge in [0.25, 0.3) is 0 Å². The van der Waals surface area contributed by atoms with Crippen molar-refractivity contribution < 1.29 is 24.7 Å². The molecule has 0 N–H and O–H groups in total. The second-order valence-electron chi connectivity index (χ2n) is 2.64. The van der Waals surface area contributed by atoms with Crippen LogP contribution in [0.1, 0.15) is 0 Å². The molecule has 0 saturated carbocycles. The molecule has 2 heteroatoms. The van der Waals surface area contributed by atoms with Gasteiger partial charge in [0.05, 0.1) is 0 Å². The minimum atomic E-state index is 0.775. The van der Waals surface area contributed by atoms with Crippen molar-refractivity contribution in [2.75, 3.05) is 21.1 Å². The molecule has 0 spiro atoms. The predicted molar refractivity (Wildman–Crippen MR) is 41.6 cm³/mol. The second kappa shape index (κ2) is 6.06. The van der Waals surface area contributed by atoms with Crippen molar-refractivity contribution in [1.82, 2.24) is 4.90 Å². The third-order valence-electron chi connectivity index (χ3n) is 0.748. The van der Waals surface area contributed by atoms with Gasteiger partial charge in [-0.15, -0.1) is 0 Å². The van der Waals surface area contributed by atoms with Crippen molar-refractivity contribution in [2.45, 2.75) is 3.63 Å². The Balaban J connectivity index is 0.000000180. The predicted octanol–water partition coefficient (Wildman–Crippen LogP) is 1.63. The third-order valence-corrected chi connectivity index (χ3v) is 1.69. The fourth-order valence-corrected chi connectivity index (χ4v) is 0.978. The van der Waals surface area contributed by atoms with Crippen LogP contribution in [0.2, 0.25) is 3.63 Å². The van der Waals surface area contributed by atoms with Crippen molar-refractivity contribution in [2.24, 2.45) is 0 Å². The number of allylic oxidation sites excluding steroid dienone is 4. The normalized spacial score (nSPS) is 15.5. The van der Waals surface area contributed by atoms with E-state index in [0.717, 1.165) is 3.63 Å². The molecule has 0 amide bonds. The summed E-state index contributed by atoms with van der Waals surface area (Å²) in [7, 11) is 6.00. The zero-order valence-electron chi connectivity index (χ0n) is 6.83. The topological polar surface area (TPSA) is 3.24 Å². The molecule has 1 aliphatic rings. The molecule has 0 saturated heterocycles. The molecule has 10 heavy (non-hydrogen) atoms. The molecule has 0 radical (unpaired) electrons. The minimum absolute atomic E-state index is 0.775. The van der Waals surface area contributed by atoms with Gasteiger partial charge in [0.2, 0.25) is 0 Å². The Bertz CT molecular complexity index is 112. The summed E-state index contributed by atoms with van der Waals surface area (Å²) in [6.07, 6.45) is 8.61. The summed E-state index contributed by atoms with van der Waals surface area (Å²) < 4.78 is 0.775. The summed E-state index contributed by atoms with van der Waals surface area (Å²) >= 11 is 1.59. The van der Waals surface area contributed by atoms with Gasteiger partial charge in [-0.05, 0) is 21.1 Å². The van der Waals surface area contributed by atoms with Crippen LogP contribution in [0.3, 0.4) is 0 Å². The molecule has 1 aliphatic carbocycles. The van der Waals surface area contributed by atoms with E-state index in [-0.39, 0.29) is 0 Å². The van der Waals surface area contributed by atoms with Crippen molar-refractivity contribution in [3.63, 3.8) is 0 Å². The van der Waals surface area contributed by atoms with Gasteiger partial charge in [0.1, 0.15) is 0 Å². The fourth-order valence-electron chi connectivity index (χ4n) is 0.432. The van der Waals surface area contributed by atoms with Gasteiger partial charge in [-0.1, -0.05) is 0 Å². The van der Waals surface area contributed by atoms with Crippen LogP contribution in [0.4, 0.5) is 0 Å². The van der Waals surface area contributed by atoms with E-state index in [0.29, 0.717) is 0 Å². The summed E-state index contributed by atoms with van der Waals surface area (Å²) in [6.45, 7) is 0. The summed E-state index contributed by atoms with van der Waals surface area (Å²) in [5.74, 6) is 0. The Morgan fingerprint density at radius 2 is 1.40 bits per heavy atom. The Hall–Kier alpha value is 0.323. The molecule has 0 atom stereocenters. The van der Waals surface area contributed by atoms with E-state index in [1.807, 2.05) is 26.0 Å². The van der Waals surface area contributed by atoms with Crippen LogP contribution in [0.5, 0.6) is 0 Å². The van der Waals surface area contributed by atoms with E-state index in [4.69, 9.17) is 0 Å². The molecule has 1 nitrogen and oxygen atoms in total. The number of hydrogen-bond donors (Lipinski definition) is 0. The molecule has 0 aromatic carbocycles. The molecule has 1 rings (SSSR count). The van der Waals surface area contributed by atoms with Gasteiger partial charge in [-0.2, -0.15) is 0 Å². The standard InChI is InChI=1S/C5H5.C3H9N.Zr/c1-2-4-5-3-1;1-4(2)3;/h1-5H;1-3H3;. The van der Waals surface area contributed by atoms with E-state index >= 15 is 0 Å². The summed E-state index contributed by atoms with van der Waals surface area (Å²) in [5, 5.41) is 0. The maximum atomic E-state index is 2.21. The molecular weight excluding hydrogens is 201 g/mol. The molecule has 0 unspecified atom stereocenters. The van der Waals surface area contributed by atoms with Crippen molar-refractivity contribution >= 4 is 0 Å². The van der Waals surface area contributed by atoms with Crippen LogP contribution < -0.4 is 0 Å². The number of nitrogens with zero attached hydrogens (tertiary/aromatic N) is 1. The maximum absolute atomic E-state index is 2.21. The molecule has 0 aromatic rings. The van der Waals surface area contributed by atoms with E-state index in [1.165, 1.54) is 0 Å². The average Bonchev–Trinajstić information content (AvgIpc) is 2.15. The first-order chi connectivity index (χ1) is 4.63. The Labute approximate surface area is 78.6 Å². The van der Waals surface area contributed by atoms with Gasteiger partial charge < -0.3 is 4.90 Å². The molecular formula is C8H14NZr. The Kier molecular flexibility index (Phi) is 6.26. The quantitative estimate of drug-likeness (QED) is 0.594. The molecule has 0 aromatic heterocycles. The van der Waals surface area contributed by atoms with E-state index in [2.05, 4.69) is 24.3 Å². The molecule has 0 aliphatic heterocycles. The van der Waals surface area contributed by atoms with Crippen molar-refractivity contribution in [1.29, 1.82) is 0 Å². The SMILES string of the molecule is CN(C)C.[Zr][CH]1C=CC=C1. The van der Waals surface area contributed by atoms with Crippen molar-refractivity contribution in [3.05, 3.63) is 24.3 Å². The molecule has 0 heterocycles. The molecule has 0 bridgehead atoms. The van der Waals surface area contributed by atoms with E-state index in [1.54, 1.807) is 24.7 Å². The zero-order chi connectivity index (χ0) is 7.98. The summed E-state index contributed by atoms with van der Waals surface area (Å²) in [5.41, 5.74) is 0. The first-order valence-corrected chi connectivity index (χ1v) is 4.72. The summed E-state index contributed by atoms with van der Waals surface area (Å²) in [4.78, 5) is 2.00. The third kappa shape index (κ3) is 8.32. The van der Waals surface area contributed by atoms with Crippen LogP contribution in [-0.4, -0.2) is 26.0 Å². The van der Waals surface area contributed by atoms with Gasteiger partial charge in [0.15, 0.2) is 0 Å². The van der Waals surface area contributed by atoms with Crippen LogP contribution in [0.15, 0.2) is 24.3 Å². The van der Waals surface area contributed by atoms with Gasteiger partial charge in [-0.25, -0.2) is 0 Å². The van der Waals surface area contributed by atoms with E-state index in [9.17, 15) is 0 Å². The van der Waals surface area contributed by atoms with Gasteiger partial charge in [-0.3, -0.25) is 0 Å². The van der Waals surface area contributed by atoms with E-state index < -0.39 is 0 Å². The Morgan fingerprint density at radius 3 is 1.50 bits per heavy atom. The van der Waals surface area contributed by atoms with Gasteiger partial charge >= 0.3 is 52.6 Å². The first-order valence-electron chi connectivity index (χ1n) is 3.30. The van der Waals surface area contributed by atoms with Crippen LogP contribution >= 0.6 is 0 Å². The van der Waals surface area contributed by atoms with Crippen LogP contribution in [-0.2, 0) is 24.7 Å². The molecule has 55 valence electrons. The zero-order valence-corrected chi connectivity index (χ0v) is 9.29. The first kappa shape index (κ1) is 10.3. The monoisotopic (exact) mass is 214 g/mol. The van der Waals surface area contributed by atoms with Crippen molar-refractivity contribution in [3.8, 4) is 0 Å². The summed E-state index contributed by atoms with van der Waals surface area (Å²) in [6, 6.07) is 0. The number of hydrogen-bond acceptors (Lipinski definition) is 1. The van der Waals surface area contributed by atoms with Crippen LogP contribution in [0, 0.1) is 0 Å². The second-order valence-corrected chi connectivity index (χ2v) is 4.28.